The number of carbonyl (C=O) groups is 7. The van der Waals surface area contributed by atoms with Crippen LogP contribution in [-0.4, -0.2) is 101 Å². The fourth-order valence-electron chi connectivity index (χ4n) is 7.80. The van der Waals surface area contributed by atoms with Crippen molar-refractivity contribution >= 4 is 101 Å². The van der Waals surface area contributed by atoms with Crippen molar-refractivity contribution in [3.8, 4) is 0 Å². The SMILES string of the molecule is C=C(O[Si](C)(C)C)c1cccc(N(C(=O)OC(C)(C)C)[Si](C)(C)C)c1.CC(=O)c1cccc(N=C=O)c1.CC(=O)c1cccc(NC(=O)OC(C)(C)C)c1.C[C@@H](O[Si](C)(C)C(C)(C)C)[C@H]1C(=O)N[C@@H]1CC(=O)c1cccc(NC(=O)OC(C)(C)C)c1. The number of anilines is 3. The second-order valence-corrected chi connectivity index (χ2v) is 41.3. The predicted molar refractivity (Wildman–Crippen MR) is 351 cm³/mol. The molecule has 1 fully saturated rings. The third-order valence-electron chi connectivity index (χ3n) is 12.5. The van der Waals surface area contributed by atoms with Crippen LogP contribution in [0.4, 0.5) is 37.1 Å². The van der Waals surface area contributed by atoms with Crippen molar-refractivity contribution in [2.75, 3.05) is 15.2 Å². The molecule has 0 aliphatic carbocycles. The van der Waals surface area contributed by atoms with E-state index in [1.165, 1.54) is 19.9 Å². The van der Waals surface area contributed by atoms with Gasteiger partial charge in [0.05, 0.1) is 23.8 Å². The van der Waals surface area contributed by atoms with Crippen LogP contribution in [0.25, 0.3) is 5.76 Å². The van der Waals surface area contributed by atoms with Gasteiger partial charge in [-0.25, -0.2) is 19.2 Å². The van der Waals surface area contributed by atoms with Gasteiger partial charge in [0.25, 0.3) is 0 Å². The highest BCUT2D eigenvalue weighted by Crippen LogP contribution is 2.39. The van der Waals surface area contributed by atoms with Crippen LogP contribution in [0.5, 0.6) is 0 Å². The van der Waals surface area contributed by atoms with Crippen LogP contribution in [0, 0.1) is 5.92 Å². The molecule has 0 aromatic heterocycles. The fraction of sp³-hybridized carbons (Fsp3) is 0.477. The van der Waals surface area contributed by atoms with Crippen molar-refractivity contribution in [2.24, 2.45) is 10.9 Å². The number of aliphatic imine (C=N–C) groups is 1. The van der Waals surface area contributed by atoms with Gasteiger partial charge in [-0.15, -0.1) is 0 Å². The lowest BCUT2D eigenvalue weighted by atomic mass is 9.82. The molecule has 4 aromatic carbocycles. The van der Waals surface area contributed by atoms with Gasteiger partial charge < -0.3 is 32.9 Å². The van der Waals surface area contributed by atoms with Crippen molar-refractivity contribution in [2.45, 2.75) is 197 Å². The van der Waals surface area contributed by atoms with E-state index in [2.05, 4.69) is 101 Å². The summed E-state index contributed by atoms with van der Waals surface area (Å²) < 4.78 is 30.2. The van der Waals surface area contributed by atoms with Gasteiger partial charge in [-0.2, -0.15) is 4.99 Å². The number of amides is 4. The first-order valence-electron chi connectivity index (χ1n) is 28.5. The Kier molecular flexibility index (Phi) is 26.8. The van der Waals surface area contributed by atoms with Gasteiger partial charge in [-0.3, -0.25) is 29.8 Å². The number of rotatable bonds is 16. The molecule has 1 aliphatic heterocycles. The maximum Gasteiger partial charge on any atom is 0.412 e. The highest BCUT2D eigenvalue weighted by Gasteiger charge is 2.48. The lowest BCUT2D eigenvalue weighted by molar-refractivity contribution is -0.139. The molecule has 4 amide bonds. The standard InChI is InChI=1S/C24H38N2O5Si.C19H33NO3Si2.C13H17NO3.C9H7NO2/c1-15(31-32(8,9)24(5,6)7)20-18(26-21(20)28)14-19(27)16-11-10-12-17(13-16)25-22(29)30-23(2,3)4;1-15(23-25(8,9)10)16-12-11-13-17(14-16)20(24(5,6)7)18(21)22-19(2,3)4;1-9(15)10-6-5-7-11(8-10)14-12(16)17-13(2,3)4;1-7(12)8-3-2-4-9(5-8)10-6-11/h10-13,15,18,20H,14H2,1-9H3,(H,25,29)(H,26,28);11-14H,1H2,2-10H3;5-8H,1-4H3,(H,14,16);2-5H,1H3/t15-,18-,20-;;;/m1.../s1. The number of nitrogens with one attached hydrogen (secondary N) is 3. The number of nitrogens with zero attached hydrogens (tertiary/aromatic N) is 2. The summed E-state index contributed by atoms with van der Waals surface area (Å²) in [4.78, 5) is 96.8. The molecule has 5 rings (SSSR count). The number of isocyanates is 1. The average Bonchev–Trinajstić information content (AvgIpc) is 1.45. The summed E-state index contributed by atoms with van der Waals surface area (Å²) in [5.74, 6) is 0.0365. The summed E-state index contributed by atoms with van der Waals surface area (Å²) in [6, 6.07) is 27.5. The molecule has 3 atom stereocenters. The van der Waals surface area contributed by atoms with Crippen molar-refractivity contribution in [1.82, 2.24) is 5.32 Å². The smallest absolute Gasteiger partial charge is 0.412 e. The van der Waals surface area contributed by atoms with E-state index in [4.69, 9.17) is 23.1 Å². The second kappa shape index (κ2) is 30.9. The number of β-lactam (4-membered cyclic amide) rings is 1. The Labute approximate surface area is 514 Å². The zero-order chi connectivity index (χ0) is 66.1. The Morgan fingerprint density at radius 3 is 1.51 bits per heavy atom. The molecule has 0 radical (unpaired) electrons. The van der Waals surface area contributed by atoms with Crippen molar-refractivity contribution in [1.29, 1.82) is 0 Å². The zero-order valence-electron chi connectivity index (χ0n) is 55.1. The van der Waals surface area contributed by atoms with Gasteiger partial charge in [-0.1, -0.05) is 95.5 Å². The molecular formula is C65H95N5O13Si3. The molecule has 0 unspecified atom stereocenters. The van der Waals surface area contributed by atoms with Gasteiger partial charge in [0.1, 0.15) is 22.6 Å². The molecule has 3 N–H and O–H groups in total. The fourth-order valence-corrected chi connectivity index (χ4v) is 11.6. The summed E-state index contributed by atoms with van der Waals surface area (Å²) in [5, 5.41) is 8.12. The number of benzene rings is 4. The number of ether oxygens (including phenoxy) is 3. The Hall–Kier alpha value is -7.30. The van der Waals surface area contributed by atoms with Crippen molar-refractivity contribution in [3.05, 3.63) is 126 Å². The topological polar surface area (TPSA) is 234 Å². The van der Waals surface area contributed by atoms with E-state index in [-0.39, 0.29) is 58.9 Å². The van der Waals surface area contributed by atoms with E-state index in [1.54, 1.807) is 114 Å². The monoisotopic (exact) mass is 1240 g/mol. The molecule has 4 aromatic rings. The molecule has 1 aliphatic rings. The van der Waals surface area contributed by atoms with E-state index in [0.29, 0.717) is 39.5 Å². The summed E-state index contributed by atoms with van der Waals surface area (Å²) >= 11 is 0. The molecule has 0 spiro atoms. The minimum Gasteiger partial charge on any atom is -0.544 e. The van der Waals surface area contributed by atoms with Crippen LogP contribution in [0.2, 0.25) is 57.4 Å². The summed E-state index contributed by atoms with van der Waals surface area (Å²) in [6.45, 7) is 48.8. The van der Waals surface area contributed by atoms with E-state index >= 15 is 0 Å². The highest BCUT2D eigenvalue weighted by atomic mass is 28.4. The third kappa shape index (κ3) is 27.0. The lowest BCUT2D eigenvalue weighted by Crippen LogP contribution is -2.64. The van der Waals surface area contributed by atoms with Gasteiger partial charge in [0.2, 0.25) is 20.3 Å². The van der Waals surface area contributed by atoms with Crippen LogP contribution in [0.15, 0.2) is 109 Å². The first kappa shape index (κ1) is 74.8. The molecule has 21 heteroatoms. The number of ketones is 3. The average molecular weight is 1240 g/mol. The molecule has 18 nitrogen and oxygen atoms in total. The summed E-state index contributed by atoms with van der Waals surface area (Å²) in [6.07, 6.45) is -0.0827. The maximum atomic E-state index is 12.9. The summed E-state index contributed by atoms with van der Waals surface area (Å²) in [7, 11) is -5.77. The van der Waals surface area contributed by atoms with E-state index in [0.717, 1.165) is 11.3 Å². The van der Waals surface area contributed by atoms with Crippen molar-refractivity contribution < 1.29 is 61.4 Å². The minimum atomic E-state index is -2.03. The molecule has 0 saturated carbocycles. The molecule has 470 valence electrons. The van der Waals surface area contributed by atoms with Crippen LogP contribution in [0.1, 0.15) is 147 Å². The van der Waals surface area contributed by atoms with Gasteiger partial charge in [0.15, 0.2) is 33.9 Å². The lowest BCUT2D eigenvalue weighted by Gasteiger charge is -2.45. The van der Waals surface area contributed by atoms with Crippen LogP contribution in [0.3, 0.4) is 0 Å². The zero-order valence-corrected chi connectivity index (χ0v) is 58.1. The largest absolute Gasteiger partial charge is 0.544 e. The van der Waals surface area contributed by atoms with Crippen LogP contribution >= 0.6 is 0 Å². The number of hydrogen-bond acceptors (Lipinski definition) is 14. The van der Waals surface area contributed by atoms with E-state index in [9.17, 15) is 38.4 Å². The quantitative estimate of drug-likeness (QED) is 0.0180. The first-order valence-corrected chi connectivity index (χ1v) is 38.3. The summed E-state index contributed by atoms with van der Waals surface area (Å²) in [5.41, 5.74) is 3.09. The number of hydrogen-bond donors (Lipinski definition) is 3. The van der Waals surface area contributed by atoms with Gasteiger partial charge >= 0.3 is 18.3 Å². The highest BCUT2D eigenvalue weighted by molar-refractivity contribution is 6.82. The Morgan fingerprint density at radius 1 is 0.640 bits per heavy atom. The van der Waals surface area contributed by atoms with Crippen LogP contribution in [-0.2, 0) is 32.7 Å². The Bertz CT molecular complexity index is 3080. The third-order valence-corrected chi connectivity index (χ3v) is 19.8. The van der Waals surface area contributed by atoms with E-state index < -0.39 is 53.9 Å². The number of Topliss-reactive ketones (excluding diaryl/α,β-unsaturated/α-hetero) is 3. The first-order chi connectivity index (χ1) is 39.1. The normalized spacial score (nSPS) is 14.5. The molecule has 1 heterocycles. The Morgan fingerprint density at radius 2 is 1.08 bits per heavy atom. The minimum absolute atomic E-state index is 0.0361. The Balaban J connectivity index is 0.000000415. The predicted octanol–water partition coefficient (Wildman–Crippen LogP) is 16.3. The van der Waals surface area contributed by atoms with Gasteiger partial charge in [0, 0.05) is 45.7 Å². The van der Waals surface area contributed by atoms with E-state index in [1.807, 2.05) is 56.5 Å². The molecule has 0 bridgehead atoms. The van der Waals surface area contributed by atoms with Gasteiger partial charge in [-0.05, 0) is 169 Å². The molecular weight excluding hydrogens is 1140 g/mol. The molecule has 1 saturated heterocycles. The maximum absolute atomic E-state index is 12.9. The van der Waals surface area contributed by atoms with Crippen LogP contribution < -0.4 is 20.5 Å². The number of carbonyl (C=O) groups excluding carboxylic acids is 8. The van der Waals surface area contributed by atoms with Crippen molar-refractivity contribution in [3.63, 3.8) is 0 Å². The molecule has 86 heavy (non-hydrogen) atoms. The second-order valence-electron chi connectivity index (χ2n) is 27.3.